The minimum absolute atomic E-state index is 0.494. The van der Waals surface area contributed by atoms with E-state index in [0.717, 1.165) is 30.6 Å². The van der Waals surface area contributed by atoms with Crippen molar-refractivity contribution in [3.05, 3.63) is 28.8 Å². The molecular weight excluding hydrogens is 238 g/mol. The lowest BCUT2D eigenvalue weighted by Crippen LogP contribution is -2.46. The number of nitrogens with one attached hydrogen (secondary N) is 1. The van der Waals surface area contributed by atoms with Gasteiger partial charge in [-0.2, -0.15) is 0 Å². The first-order chi connectivity index (χ1) is 8.13. The van der Waals surface area contributed by atoms with E-state index in [2.05, 4.69) is 5.32 Å². The number of methoxy groups -OCH3 is 1. The zero-order valence-electron chi connectivity index (χ0n) is 10.0. The molecule has 0 heterocycles. The van der Waals surface area contributed by atoms with Gasteiger partial charge in [-0.25, -0.2) is 0 Å². The van der Waals surface area contributed by atoms with E-state index in [1.807, 2.05) is 18.2 Å². The largest absolute Gasteiger partial charge is 0.496 e. The molecule has 1 aromatic rings. The fourth-order valence-electron chi connectivity index (χ4n) is 2.08. The van der Waals surface area contributed by atoms with Crippen molar-refractivity contribution in [2.24, 2.45) is 0 Å². The molecule has 1 fully saturated rings. The molecule has 3 nitrogen and oxygen atoms in total. The molecule has 0 unspecified atom stereocenters. The molecule has 0 aliphatic heterocycles. The lowest BCUT2D eigenvalue weighted by molar-refractivity contribution is -0.0315. The Kier molecular flexibility index (Phi) is 3.92. The quantitative estimate of drug-likeness (QED) is 0.849. The van der Waals surface area contributed by atoms with Crippen LogP contribution in [-0.4, -0.2) is 24.4 Å². The smallest absolute Gasteiger partial charge is 0.123 e. The standard InChI is InChI=1S/C13H18ClNO2/c1-17-12-4-3-11(14)7-10(12)8-15-9-13(16)5-2-6-13/h3-4,7,15-16H,2,5-6,8-9H2,1H3. The van der Waals surface area contributed by atoms with Crippen molar-refractivity contribution in [2.45, 2.75) is 31.4 Å². The van der Waals surface area contributed by atoms with E-state index in [-0.39, 0.29) is 0 Å². The maximum atomic E-state index is 9.95. The third-order valence-electron chi connectivity index (χ3n) is 3.30. The molecule has 4 heteroatoms. The zero-order valence-corrected chi connectivity index (χ0v) is 10.8. The Labute approximate surface area is 107 Å². The number of benzene rings is 1. The highest BCUT2D eigenvalue weighted by molar-refractivity contribution is 6.30. The Morgan fingerprint density at radius 1 is 1.47 bits per heavy atom. The van der Waals surface area contributed by atoms with Gasteiger partial charge in [0.05, 0.1) is 12.7 Å². The molecule has 1 aliphatic rings. The molecule has 0 radical (unpaired) electrons. The first-order valence-electron chi connectivity index (χ1n) is 5.88. The molecule has 0 atom stereocenters. The van der Waals surface area contributed by atoms with E-state index in [0.29, 0.717) is 18.1 Å². The lowest BCUT2D eigenvalue weighted by Gasteiger charge is -2.36. The Morgan fingerprint density at radius 2 is 2.24 bits per heavy atom. The van der Waals surface area contributed by atoms with Gasteiger partial charge in [-0.1, -0.05) is 11.6 Å². The Morgan fingerprint density at radius 3 is 2.82 bits per heavy atom. The lowest BCUT2D eigenvalue weighted by atomic mass is 9.80. The van der Waals surface area contributed by atoms with Gasteiger partial charge in [-0.05, 0) is 37.5 Å². The molecule has 1 aromatic carbocycles. The van der Waals surface area contributed by atoms with Gasteiger partial charge in [-0.3, -0.25) is 0 Å². The van der Waals surface area contributed by atoms with Crippen molar-refractivity contribution in [3.8, 4) is 5.75 Å². The molecule has 0 spiro atoms. The van der Waals surface area contributed by atoms with E-state index in [1.165, 1.54) is 0 Å². The third kappa shape index (κ3) is 3.12. The minimum Gasteiger partial charge on any atom is -0.496 e. The van der Waals surface area contributed by atoms with Crippen molar-refractivity contribution >= 4 is 11.6 Å². The van der Waals surface area contributed by atoms with Crippen LogP contribution in [0, 0.1) is 0 Å². The highest BCUT2D eigenvalue weighted by Gasteiger charge is 2.33. The van der Waals surface area contributed by atoms with Crippen molar-refractivity contribution in [1.29, 1.82) is 0 Å². The first kappa shape index (κ1) is 12.7. The van der Waals surface area contributed by atoms with E-state index in [1.54, 1.807) is 7.11 Å². The fourth-order valence-corrected chi connectivity index (χ4v) is 2.27. The normalized spacial score (nSPS) is 17.6. The second-order valence-corrected chi connectivity index (χ2v) is 5.07. The summed E-state index contributed by atoms with van der Waals surface area (Å²) in [6.45, 7) is 1.29. The number of rotatable bonds is 5. The van der Waals surface area contributed by atoms with Gasteiger partial charge in [0.25, 0.3) is 0 Å². The molecular formula is C13H18ClNO2. The SMILES string of the molecule is COc1ccc(Cl)cc1CNCC1(O)CCC1. The number of hydrogen-bond acceptors (Lipinski definition) is 3. The molecule has 0 saturated heterocycles. The topological polar surface area (TPSA) is 41.5 Å². The molecule has 94 valence electrons. The van der Waals surface area contributed by atoms with Crippen molar-refractivity contribution in [1.82, 2.24) is 5.32 Å². The summed E-state index contributed by atoms with van der Waals surface area (Å²) in [7, 11) is 1.65. The van der Waals surface area contributed by atoms with E-state index < -0.39 is 5.60 Å². The summed E-state index contributed by atoms with van der Waals surface area (Å²) < 4.78 is 5.26. The Hall–Kier alpha value is -0.770. The third-order valence-corrected chi connectivity index (χ3v) is 3.53. The summed E-state index contributed by atoms with van der Waals surface area (Å²) >= 11 is 5.95. The maximum absolute atomic E-state index is 9.95. The molecule has 0 bridgehead atoms. The van der Waals surface area contributed by atoms with Crippen LogP contribution in [0.5, 0.6) is 5.75 Å². The number of ether oxygens (including phenoxy) is 1. The van der Waals surface area contributed by atoms with E-state index in [4.69, 9.17) is 16.3 Å². The van der Waals surface area contributed by atoms with Gasteiger partial charge >= 0.3 is 0 Å². The van der Waals surface area contributed by atoms with Crippen LogP contribution < -0.4 is 10.1 Å². The average molecular weight is 256 g/mol. The fraction of sp³-hybridized carbons (Fsp3) is 0.538. The highest BCUT2D eigenvalue weighted by Crippen LogP contribution is 2.31. The Bertz CT molecular complexity index is 391. The van der Waals surface area contributed by atoms with Crippen molar-refractivity contribution < 1.29 is 9.84 Å². The summed E-state index contributed by atoms with van der Waals surface area (Å²) in [4.78, 5) is 0. The van der Waals surface area contributed by atoms with Gasteiger partial charge in [-0.15, -0.1) is 0 Å². The minimum atomic E-state index is -0.494. The number of halogens is 1. The van der Waals surface area contributed by atoms with Crippen molar-refractivity contribution in [3.63, 3.8) is 0 Å². The van der Waals surface area contributed by atoms with Crippen LogP contribution in [-0.2, 0) is 6.54 Å². The average Bonchev–Trinajstić information content (AvgIpc) is 2.27. The number of aliphatic hydroxyl groups is 1. The summed E-state index contributed by atoms with van der Waals surface area (Å²) in [5.41, 5.74) is 0.522. The molecule has 2 rings (SSSR count). The first-order valence-corrected chi connectivity index (χ1v) is 6.26. The summed E-state index contributed by atoms with van der Waals surface area (Å²) in [6, 6.07) is 5.55. The second-order valence-electron chi connectivity index (χ2n) is 4.64. The molecule has 1 aliphatic carbocycles. The van der Waals surface area contributed by atoms with Crippen LogP contribution >= 0.6 is 11.6 Å². The van der Waals surface area contributed by atoms with Gasteiger partial charge < -0.3 is 15.2 Å². The van der Waals surface area contributed by atoms with E-state index in [9.17, 15) is 5.11 Å². The molecule has 1 saturated carbocycles. The summed E-state index contributed by atoms with van der Waals surface area (Å²) in [6.07, 6.45) is 2.91. The molecule has 17 heavy (non-hydrogen) atoms. The molecule has 0 aromatic heterocycles. The number of hydrogen-bond donors (Lipinski definition) is 2. The van der Waals surface area contributed by atoms with Crippen LogP contribution in [0.15, 0.2) is 18.2 Å². The van der Waals surface area contributed by atoms with Crippen LogP contribution in [0.4, 0.5) is 0 Å². The zero-order chi connectivity index (χ0) is 12.3. The summed E-state index contributed by atoms with van der Waals surface area (Å²) in [5, 5.41) is 13.9. The summed E-state index contributed by atoms with van der Waals surface area (Å²) in [5.74, 6) is 0.822. The van der Waals surface area contributed by atoms with Gasteiger partial charge in [0.1, 0.15) is 5.75 Å². The molecule has 2 N–H and O–H groups in total. The van der Waals surface area contributed by atoms with Crippen LogP contribution in [0.3, 0.4) is 0 Å². The molecule has 0 amide bonds. The monoisotopic (exact) mass is 255 g/mol. The highest BCUT2D eigenvalue weighted by atomic mass is 35.5. The van der Waals surface area contributed by atoms with Crippen LogP contribution in [0.25, 0.3) is 0 Å². The second kappa shape index (κ2) is 5.25. The predicted octanol–water partition coefficient (Wildman–Crippen LogP) is 2.35. The van der Waals surface area contributed by atoms with Gasteiger partial charge in [0, 0.05) is 23.7 Å². The van der Waals surface area contributed by atoms with Crippen molar-refractivity contribution in [2.75, 3.05) is 13.7 Å². The van der Waals surface area contributed by atoms with Crippen LogP contribution in [0.1, 0.15) is 24.8 Å². The van der Waals surface area contributed by atoms with Gasteiger partial charge in [0.15, 0.2) is 0 Å². The van der Waals surface area contributed by atoms with Gasteiger partial charge in [0.2, 0.25) is 0 Å². The maximum Gasteiger partial charge on any atom is 0.123 e. The van der Waals surface area contributed by atoms with Crippen LogP contribution in [0.2, 0.25) is 5.02 Å². The van der Waals surface area contributed by atoms with E-state index >= 15 is 0 Å². The predicted molar refractivity (Wildman–Crippen MR) is 68.5 cm³/mol. The Balaban J connectivity index is 1.91.